The Hall–Kier alpha value is -1.85. The van der Waals surface area contributed by atoms with Gasteiger partial charge in [-0.3, -0.25) is 4.79 Å². The lowest BCUT2D eigenvalue weighted by Crippen LogP contribution is -2.38. The van der Waals surface area contributed by atoms with Crippen LogP contribution in [0.15, 0.2) is 6.07 Å². The highest BCUT2D eigenvalue weighted by atomic mass is 16.5. The summed E-state index contributed by atoms with van der Waals surface area (Å²) in [6, 6.07) is 1.78. The summed E-state index contributed by atoms with van der Waals surface area (Å²) in [7, 11) is 0. The molecule has 1 aromatic heterocycles. The smallest absolute Gasteiger partial charge is 0.303 e. The summed E-state index contributed by atoms with van der Waals surface area (Å²) >= 11 is 0. The average Bonchev–Trinajstić information content (AvgIpc) is 2.32. The molecule has 0 aromatic carbocycles. The number of carboxylic acids is 1. The molecule has 1 saturated carbocycles. The zero-order valence-corrected chi connectivity index (χ0v) is 12.0. The van der Waals surface area contributed by atoms with Crippen LogP contribution in [0.3, 0.4) is 0 Å². The number of ether oxygens (including phenoxy) is 1. The Labute approximate surface area is 118 Å². The van der Waals surface area contributed by atoms with Crippen molar-refractivity contribution in [3.63, 3.8) is 0 Å². The van der Waals surface area contributed by atoms with Crippen molar-refractivity contribution in [1.82, 2.24) is 9.97 Å². The third kappa shape index (κ3) is 3.59. The van der Waals surface area contributed by atoms with E-state index in [0.29, 0.717) is 25.0 Å². The maximum absolute atomic E-state index is 10.9. The quantitative estimate of drug-likeness (QED) is 0.796. The van der Waals surface area contributed by atoms with Crippen molar-refractivity contribution in [3.8, 4) is 5.88 Å². The van der Waals surface area contributed by atoms with E-state index in [-0.39, 0.29) is 11.8 Å². The van der Waals surface area contributed by atoms with E-state index in [2.05, 4.69) is 15.3 Å². The van der Waals surface area contributed by atoms with Gasteiger partial charge in [-0.15, -0.1) is 0 Å². The Bertz CT molecular complexity index is 487. The van der Waals surface area contributed by atoms with Gasteiger partial charge < -0.3 is 15.2 Å². The minimum Gasteiger partial charge on any atom is -0.481 e. The van der Waals surface area contributed by atoms with Gasteiger partial charge in [0.1, 0.15) is 0 Å². The molecule has 0 aliphatic heterocycles. The van der Waals surface area contributed by atoms with Gasteiger partial charge in [-0.2, -0.15) is 4.98 Å². The summed E-state index contributed by atoms with van der Waals surface area (Å²) in [6.45, 7) is 4.93. The number of nitrogens with zero attached hydrogens (tertiary/aromatic N) is 2. The van der Waals surface area contributed by atoms with Crippen LogP contribution in [0.4, 0.5) is 5.95 Å². The molecule has 6 heteroatoms. The number of carbonyl (C=O) groups is 1. The molecule has 2 rings (SSSR count). The zero-order valence-electron chi connectivity index (χ0n) is 12.0. The summed E-state index contributed by atoms with van der Waals surface area (Å²) < 4.78 is 5.38. The maximum atomic E-state index is 10.9. The summed E-state index contributed by atoms with van der Waals surface area (Å²) in [4.78, 5) is 19.5. The maximum Gasteiger partial charge on any atom is 0.303 e. The molecule has 1 aliphatic rings. The van der Waals surface area contributed by atoms with Crippen molar-refractivity contribution in [1.29, 1.82) is 0 Å². The van der Waals surface area contributed by atoms with Gasteiger partial charge in [0.25, 0.3) is 0 Å². The van der Waals surface area contributed by atoms with E-state index in [4.69, 9.17) is 9.84 Å². The Morgan fingerprint density at radius 3 is 2.80 bits per heavy atom. The molecule has 0 amide bonds. The highest BCUT2D eigenvalue weighted by Gasteiger charge is 2.38. The Balaban J connectivity index is 2.00. The van der Waals surface area contributed by atoms with Gasteiger partial charge in [-0.1, -0.05) is 6.42 Å². The molecular formula is C14H21N3O3. The SMILES string of the molecule is CCOc1cc(C)nc(NCC2(CC(=O)O)CCC2)n1. The molecule has 2 N–H and O–H groups in total. The third-order valence-corrected chi connectivity index (χ3v) is 3.68. The lowest BCUT2D eigenvalue weighted by atomic mass is 9.66. The largest absolute Gasteiger partial charge is 0.481 e. The van der Waals surface area contributed by atoms with Crippen LogP contribution >= 0.6 is 0 Å². The molecule has 0 atom stereocenters. The number of nitrogens with one attached hydrogen (secondary N) is 1. The molecule has 110 valence electrons. The predicted octanol–water partition coefficient (Wildman–Crippen LogP) is 2.24. The molecule has 1 aromatic rings. The summed E-state index contributed by atoms with van der Waals surface area (Å²) in [5.41, 5.74) is 0.678. The minimum absolute atomic E-state index is 0.148. The second-order valence-corrected chi connectivity index (χ2v) is 5.38. The lowest BCUT2D eigenvalue weighted by Gasteiger charge is -2.40. The van der Waals surface area contributed by atoms with Gasteiger partial charge in [0.2, 0.25) is 11.8 Å². The van der Waals surface area contributed by atoms with Gasteiger partial charge in [0.05, 0.1) is 13.0 Å². The monoisotopic (exact) mass is 279 g/mol. The fourth-order valence-corrected chi connectivity index (χ4v) is 2.52. The third-order valence-electron chi connectivity index (χ3n) is 3.68. The number of aryl methyl sites for hydroxylation is 1. The van der Waals surface area contributed by atoms with Crippen molar-refractivity contribution < 1.29 is 14.6 Å². The normalized spacial score (nSPS) is 16.3. The van der Waals surface area contributed by atoms with Crippen LogP contribution in [0.1, 0.15) is 38.3 Å². The minimum atomic E-state index is -0.744. The van der Waals surface area contributed by atoms with Crippen molar-refractivity contribution in [2.45, 2.75) is 39.5 Å². The fourth-order valence-electron chi connectivity index (χ4n) is 2.52. The molecule has 1 heterocycles. The topological polar surface area (TPSA) is 84.3 Å². The van der Waals surface area contributed by atoms with E-state index < -0.39 is 5.97 Å². The van der Waals surface area contributed by atoms with Gasteiger partial charge in [-0.05, 0) is 32.1 Å². The van der Waals surface area contributed by atoms with Crippen LogP contribution < -0.4 is 10.1 Å². The van der Waals surface area contributed by atoms with Crippen LogP contribution in [0.25, 0.3) is 0 Å². The van der Waals surface area contributed by atoms with E-state index >= 15 is 0 Å². The van der Waals surface area contributed by atoms with Gasteiger partial charge >= 0.3 is 5.97 Å². The fraction of sp³-hybridized carbons (Fsp3) is 0.643. The number of anilines is 1. The van der Waals surface area contributed by atoms with Gasteiger partial charge in [0.15, 0.2) is 0 Å². The van der Waals surface area contributed by atoms with E-state index in [0.717, 1.165) is 25.0 Å². The van der Waals surface area contributed by atoms with Crippen LogP contribution in [0, 0.1) is 12.3 Å². The number of aromatic nitrogens is 2. The molecular weight excluding hydrogens is 258 g/mol. The van der Waals surface area contributed by atoms with Crippen LogP contribution in [-0.2, 0) is 4.79 Å². The second kappa shape index (κ2) is 6.07. The van der Waals surface area contributed by atoms with Crippen molar-refractivity contribution in [3.05, 3.63) is 11.8 Å². The standard InChI is InChI=1S/C14H21N3O3/c1-3-20-11-7-10(2)16-13(17-11)15-9-14(5-4-6-14)8-12(18)19/h7H,3-6,8-9H2,1-2H3,(H,18,19)(H,15,16,17). The Morgan fingerprint density at radius 1 is 1.50 bits per heavy atom. The molecule has 20 heavy (non-hydrogen) atoms. The molecule has 0 bridgehead atoms. The average molecular weight is 279 g/mol. The predicted molar refractivity (Wildman–Crippen MR) is 75.0 cm³/mol. The number of rotatable bonds is 7. The van der Waals surface area contributed by atoms with E-state index in [1.807, 2.05) is 13.8 Å². The van der Waals surface area contributed by atoms with E-state index in [1.54, 1.807) is 6.07 Å². The van der Waals surface area contributed by atoms with Gasteiger partial charge in [0, 0.05) is 18.3 Å². The van der Waals surface area contributed by atoms with Crippen LogP contribution in [0.5, 0.6) is 5.88 Å². The first-order valence-electron chi connectivity index (χ1n) is 6.97. The van der Waals surface area contributed by atoms with Gasteiger partial charge in [-0.25, -0.2) is 4.98 Å². The first kappa shape index (κ1) is 14.6. The number of hydrogen-bond donors (Lipinski definition) is 2. The Morgan fingerprint density at radius 2 is 2.25 bits per heavy atom. The van der Waals surface area contributed by atoms with Crippen molar-refractivity contribution in [2.75, 3.05) is 18.5 Å². The molecule has 0 spiro atoms. The van der Waals surface area contributed by atoms with Crippen LogP contribution in [0.2, 0.25) is 0 Å². The number of carboxylic acid groups (broad SMARTS) is 1. The highest BCUT2D eigenvalue weighted by molar-refractivity contribution is 5.68. The summed E-state index contributed by atoms with van der Waals surface area (Å²) in [5, 5.41) is 12.2. The molecule has 0 unspecified atom stereocenters. The molecule has 6 nitrogen and oxygen atoms in total. The summed E-state index contributed by atoms with van der Waals surface area (Å²) in [5.74, 6) is 0.306. The first-order chi connectivity index (χ1) is 9.53. The molecule has 0 radical (unpaired) electrons. The number of hydrogen-bond acceptors (Lipinski definition) is 5. The molecule has 1 fully saturated rings. The number of aliphatic carboxylic acids is 1. The van der Waals surface area contributed by atoms with Crippen molar-refractivity contribution in [2.24, 2.45) is 5.41 Å². The Kier molecular flexibility index (Phi) is 4.42. The summed E-state index contributed by atoms with van der Waals surface area (Å²) in [6.07, 6.45) is 3.17. The zero-order chi connectivity index (χ0) is 14.6. The lowest BCUT2D eigenvalue weighted by molar-refractivity contribution is -0.141. The van der Waals surface area contributed by atoms with Crippen molar-refractivity contribution >= 4 is 11.9 Å². The highest BCUT2D eigenvalue weighted by Crippen LogP contribution is 2.43. The molecule has 1 aliphatic carbocycles. The van der Waals surface area contributed by atoms with E-state index in [9.17, 15) is 4.79 Å². The molecule has 0 saturated heterocycles. The second-order valence-electron chi connectivity index (χ2n) is 5.38. The first-order valence-corrected chi connectivity index (χ1v) is 6.97. The van der Waals surface area contributed by atoms with E-state index in [1.165, 1.54) is 0 Å². The van der Waals surface area contributed by atoms with Crippen LogP contribution in [-0.4, -0.2) is 34.2 Å².